The van der Waals surface area contributed by atoms with E-state index < -0.39 is 0 Å². The number of furan rings is 1. The van der Waals surface area contributed by atoms with Crippen LogP contribution in [0.15, 0.2) is 53.2 Å². The van der Waals surface area contributed by atoms with Gasteiger partial charge in [0.1, 0.15) is 5.76 Å². The van der Waals surface area contributed by atoms with Crippen LogP contribution in [-0.4, -0.2) is 23.0 Å². The molecule has 1 atom stereocenters. The molecule has 0 spiro atoms. The quantitative estimate of drug-likeness (QED) is 0.752. The topological polar surface area (TPSA) is 32.2 Å². The largest absolute Gasteiger partial charge is 0.465 e. The average molecular weight is 306 g/mol. The monoisotopic (exact) mass is 306 g/mol. The third-order valence-corrected chi connectivity index (χ3v) is 4.82. The van der Waals surface area contributed by atoms with E-state index in [-0.39, 0.29) is 0 Å². The van der Waals surface area contributed by atoms with Crippen molar-refractivity contribution in [3.05, 3.63) is 65.8 Å². The molecule has 0 saturated heterocycles. The van der Waals surface area contributed by atoms with Gasteiger partial charge in [-0.05, 0) is 42.7 Å². The van der Waals surface area contributed by atoms with Gasteiger partial charge in [0.25, 0.3) is 0 Å². The Balaban J connectivity index is 1.58. The van der Waals surface area contributed by atoms with Gasteiger partial charge in [0.15, 0.2) is 0 Å². The molecule has 1 N–H and O–H groups in total. The number of nitrogens with one attached hydrogen (secondary N) is 1. The molecular weight excluding hydrogens is 284 g/mol. The molecule has 0 aliphatic carbocycles. The van der Waals surface area contributed by atoms with Crippen molar-refractivity contribution >= 4 is 17.0 Å². The van der Waals surface area contributed by atoms with E-state index in [0.29, 0.717) is 6.04 Å². The zero-order valence-corrected chi connectivity index (χ0v) is 13.5. The van der Waals surface area contributed by atoms with E-state index >= 15 is 0 Å². The van der Waals surface area contributed by atoms with Gasteiger partial charge in [0.2, 0.25) is 0 Å². The molecular formula is C20H22N2O. The van der Waals surface area contributed by atoms with Crippen molar-refractivity contribution in [3.63, 3.8) is 0 Å². The molecule has 3 heterocycles. The zero-order chi connectivity index (χ0) is 15.6. The minimum atomic E-state index is 0.465. The number of aromatic nitrogens is 1. The predicted molar refractivity (Wildman–Crippen MR) is 94.3 cm³/mol. The molecule has 1 unspecified atom stereocenters. The summed E-state index contributed by atoms with van der Waals surface area (Å²) in [5, 5.41) is 1.40. The molecule has 0 fully saturated rings. The summed E-state index contributed by atoms with van der Waals surface area (Å²) in [6.07, 6.45) is 8.22. The molecule has 1 aliphatic heterocycles. The molecule has 1 aliphatic rings. The van der Waals surface area contributed by atoms with E-state index in [9.17, 15) is 0 Å². The number of hydrogen-bond acceptors (Lipinski definition) is 2. The molecule has 3 aromatic rings. The van der Waals surface area contributed by atoms with Crippen LogP contribution in [0, 0.1) is 0 Å². The van der Waals surface area contributed by atoms with Crippen molar-refractivity contribution in [2.45, 2.75) is 25.8 Å². The van der Waals surface area contributed by atoms with Crippen molar-refractivity contribution < 1.29 is 4.42 Å². The Bertz CT molecular complexity index is 813. The Morgan fingerprint density at radius 3 is 3.00 bits per heavy atom. The predicted octanol–water partition coefficient (Wildman–Crippen LogP) is 4.78. The summed E-state index contributed by atoms with van der Waals surface area (Å²) in [5.41, 5.74) is 4.19. The van der Waals surface area contributed by atoms with E-state index in [1.54, 1.807) is 6.26 Å². The zero-order valence-electron chi connectivity index (χ0n) is 13.5. The van der Waals surface area contributed by atoms with Crippen molar-refractivity contribution in [3.8, 4) is 0 Å². The van der Waals surface area contributed by atoms with Crippen LogP contribution in [0.2, 0.25) is 0 Å². The third-order valence-electron chi connectivity index (χ3n) is 4.82. The summed E-state index contributed by atoms with van der Waals surface area (Å²) in [6, 6.07) is 13.0. The second-order valence-corrected chi connectivity index (χ2v) is 6.15. The summed E-state index contributed by atoms with van der Waals surface area (Å²) in [6.45, 7) is 4.33. The van der Waals surface area contributed by atoms with Crippen molar-refractivity contribution in [1.82, 2.24) is 9.88 Å². The lowest BCUT2D eigenvalue weighted by atomic mass is 9.96. The van der Waals surface area contributed by atoms with Gasteiger partial charge >= 0.3 is 0 Å². The number of para-hydroxylation sites is 1. The number of hydrogen-bond donors (Lipinski definition) is 1. The molecule has 3 heteroatoms. The van der Waals surface area contributed by atoms with Gasteiger partial charge in [-0.3, -0.25) is 4.90 Å². The van der Waals surface area contributed by atoms with Crippen LogP contribution >= 0.6 is 0 Å². The first-order valence-electron chi connectivity index (χ1n) is 8.40. The SMILES string of the molecule is CCC1c2[nH]c3ccccc3c2CCN1C/C=C\c1ccco1. The standard InChI is InChI=1S/C20H22N2O/c1-2-19-20-17(16-9-3-4-10-18(16)21-20)11-13-22(19)12-5-7-15-8-6-14-23-15/h3-10,14,19,21H,2,11-13H2,1H3/b7-5-. The Hall–Kier alpha value is -2.26. The molecule has 2 aromatic heterocycles. The Labute approximate surface area is 136 Å². The molecule has 3 nitrogen and oxygen atoms in total. The summed E-state index contributed by atoms with van der Waals surface area (Å²) in [4.78, 5) is 6.22. The maximum atomic E-state index is 5.36. The highest BCUT2D eigenvalue weighted by molar-refractivity contribution is 5.85. The summed E-state index contributed by atoms with van der Waals surface area (Å²) < 4.78 is 5.36. The first-order valence-corrected chi connectivity index (χ1v) is 8.40. The summed E-state index contributed by atoms with van der Waals surface area (Å²) in [5.74, 6) is 0.918. The van der Waals surface area contributed by atoms with Crippen LogP contribution in [0.1, 0.15) is 36.4 Å². The summed E-state index contributed by atoms with van der Waals surface area (Å²) in [7, 11) is 0. The maximum absolute atomic E-state index is 5.36. The van der Waals surface area contributed by atoms with E-state index in [4.69, 9.17) is 4.42 Å². The first-order chi connectivity index (χ1) is 11.4. The van der Waals surface area contributed by atoms with Crippen molar-refractivity contribution in [2.24, 2.45) is 0 Å². The number of rotatable bonds is 4. The normalized spacial score (nSPS) is 18.7. The molecule has 0 bridgehead atoms. The molecule has 0 radical (unpaired) electrons. The third kappa shape index (κ3) is 2.62. The molecule has 23 heavy (non-hydrogen) atoms. The average Bonchev–Trinajstić information content (AvgIpc) is 3.21. The number of aromatic amines is 1. The summed E-state index contributed by atoms with van der Waals surface area (Å²) >= 11 is 0. The number of fused-ring (bicyclic) bond motifs is 3. The van der Waals surface area contributed by atoms with Gasteiger partial charge in [0, 0.05) is 29.7 Å². The minimum absolute atomic E-state index is 0.465. The molecule has 0 amide bonds. The van der Waals surface area contributed by atoms with E-state index in [1.807, 2.05) is 12.1 Å². The highest BCUT2D eigenvalue weighted by atomic mass is 16.3. The van der Waals surface area contributed by atoms with Gasteiger partial charge in [-0.1, -0.05) is 31.2 Å². The fourth-order valence-electron chi connectivity index (χ4n) is 3.74. The van der Waals surface area contributed by atoms with Crippen LogP contribution in [0.4, 0.5) is 0 Å². The maximum Gasteiger partial charge on any atom is 0.126 e. The Kier molecular flexibility index (Phi) is 3.80. The highest BCUT2D eigenvalue weighted by Gasteiger charge is 2.28. The van der Waals surface area contributed by atoms with Crippen LogP contribution < -0.4 is 0 Å². The lowest BCUT2D eigenvalue weighted by molar-refractivity contribution is 0.198. The van der Waals surface area contributed by atoms with Crippen LogP contribution in [0.5, 0.6) is 0 Å². The lowest BCUT2D eigenvalue weighted by Gasteiger charge is -2.34. The molecule has 4 rings (SSSR count). The number of nitrogens with zero attached hydrogens (tertiary/aromatic N) is 1. The fourth-order valence-corrected chi connectivity index (χ4v) is 3.74. The molecule has 0 saturated carbocycles. The van der Waals surface area contributed by atoms with Crippen LogP contribution in [0.25, 0.3) is 17.0 Å². The second kappa shape index (κ2) is 6.09. The van der Waals surface area contributed by atoms with Crippen molar-refractivity contribution in [1.29, 1.82) is 0 Å². The lowest BCUT2D eigenvalue weighted by Crippen LogP contribution is -2.35. The fraction of sp³-hybridized carbons (Fsp3) is 0.300. The van der Waals surface area contributed by atoms with Crippen LogP contribution in [0.3, 0.4) is 0 Å². The van der Waals surface area contributed by atoms with E-state index in [2.05, 4.69) is 53.2 Å². The molecule has 118 valence electrons. The first kappa shape index (κ1) is 14.3. The van der Waals surface area contributed by atoms with Gasteiger partial charge < -0.3 is 9.40 Å². The van der Waals surface area contributed by atoms with Gasteiger partial charge in [-0.15, -0.1) is 0 Å². The number of H-pyrrole nitrogens is 1. The van der Waals surface area contributed by atoms with Crippen molar-refractivity contribution in [2.75, 3.05) is 13.1 Å². The smallest absolute Gasteiger partial charge is 0.126 e. The van der Waals surface area contributed by atoms with E-state index in [0.717, 1.165) is 31.7 Å². The highest BCUT2D eigenvalue weighted by Crippen LogP contribution is 2.35. The Morgan fingerprint density at radius 1 is 1.26 bits per heavy atom. The minimum Gasteiger partial charge on any atom is -0.465 e. The second-order valence-electron chi connectivity index (χ2n) is 6.15. The van der Waals surface area contributed by atoms with Crippen LogP contribution in [-0.2, 0) is 6.42 Å². The Morgan fingerprint density at radius 2 is 2.17 bits per heavy atom. The van der Waals surface area contributed by atoms with Gasteiger partial charge in [-0.2, -0.15) is 0 Å². The number of benzene rings is 1. The van der Waals surface area contributed by atoms with E-state index in [1.165, 1.54) is 22.2 Å². The van der Waals surface area contributed by atoms with Gasteiger partial charge in [0.05, 0.1) is 12.3 Å². The van der Waals surface area contributed by atoms with Gasteiger partial charge in [-0.25, -0.2) is 0 Å². The molecule has 1 aromatic carbocycles.